The Bertz CT molecular complexity index is 740. The normalized spacial score (nSPS) is 17.2. The molecule has 0 bridgehead atoms. The molecule has 1 unspecified atom stereocenters. The third kappa shape index (κ3) is 3.78. The number of nitrogens with zero attached hydrogens (tertiary/aromatic N) is 1. The fourth-order valence-electron chi connectivity index (χ4n) is 2.41. The molecule has 3 N–H and O–H groups in total. The summed E-state index contributed by atoms with van der Waals surface area (Å²) >= 11 is 0. The number of aliphatic carboxylic acids is 1. The highest BCUT2D eigenvalue weighted by Gasteiger charge is 2.38. The van der Waals surface area contributed by atoms with E-state index in [-0.39, 0.29) is 24.2 Å². The summed E-state index contributed by atoms with van der Waals surface area (Å²) < 4.78 is 0. The second kappa shape index (κ2) is 6.95. The highest BCUT2D eigenvalue weighted by Crippen LogP contribution is 2.17. The number of carbonyl (C=O) groups is 4. The molecule has 126 valence electrons. The van der Waals surface area contributed by atoms with E-state index >= 15 is 0 Å². The molecule has 1 fully saturated rings. The van der Waals surface area contributed by atoms with Crippen molar-refractivity contribution in [3.63, 3.8) is 0 Å². The minimum Gasteiger partial charge on any atom is -0.478 e. The summed E-state index contributed by atoms with van der Waals surface area (Å²) in [5.74, 6) is -3.15. The smallest absolute Gasteiger partial charge is 0.335 e. The number of allylic oxidation sites excluding steroid dienone is 1. The van der Waals surface area contributed by atoms with Crippen LogP contribution in [-0.2, 0) is 20.8 Å². The first-order valence-electron chi connectivity index (χ1n) is 7.12. The molecule has 0 aliphatic carbocycles. The molecule has 1 aliphatic rings. The average Bonchev–Trinajstić information content (AvgIpc) is 2.50. The van der Waals surface area contributed by atoms with Crippen LogP contribution in [0.2, 0.25) is 0 Å². The number of carboxylic acid groups (broad SMARTS) is 2. The average molecular weight is 332 g/mol. The van der Waals surface area contributed by atoms with Gasteiger partial charge in [0.1, 0.15) is 6.04 Å². The van der Waals surface area contributed by atoms with Crippen LogP contribution in [0.5, 0.6) is 0 Å². The summed E-state index contributed by atoms with van der Waals surface area (Å²) in [4.78, 5) is 46.9. The van der Waals surface area contributed by atoms with Gasteiger partial charge in [0, 0.05) is 11.8 Å². The van der Waals surface area contributed by atoms with Crippen LogP contribution in [0.1, 0.15) is 22.8 Å². The molecule has 1 aromatic rings. The van der Waals surface area contributed by atoms with Crippen LogP contribution in [-0.4, -0.2) is 51.5 Å². The topological polar surface area (TPSA) is 124 Å². The number of nitrogens with one attached hydrogen (secondary N) is 1. The van der Waals surface area contributed by atoms with Gasteiger partial charge < -0.3 is 20.4 Å². The lowest BCUT2D eigenvalue weighted by Crippen LogP contribution is -2.63. The van der Waals surface area contributed by atoms with E-state index in [1.54, 1.807) is 12.1 Å². The van der Waals surface area contributed by atoms with Gasteiger partial charge in [-0.05, 0) is 18.6 Å². The van der Waals surface area contributed by atoms with E-state index in [9.17, 15) is 19.2 Å². The molecule has 1 aliphatic heterocycles. The van der Waals surface area contributed by atoms with Gasteiger partial charge in [0.25, 0.3) is 5.91 Å². The van der Waals surface area contributed by atoms with Crippen LogP contribution in [0.15, 0.2) is 36.0 Å². The SMILES string of the molecule is C/C(=C\C(=O)O)N1CC(NC(=O)Cc2ccccc2C(=O)O)C1=O. The first-order chi connectivity index (χ1) is 11.3. The number of carboxylic acids is 2. The molecule has 2 rings (SSSR count). The fourth-order valence-corrected chi connectivity index (χ4v) is 2.41. The lowest BCUT2D eigenvalue weighted by atomic mass is 10.0. The Labute approximate surface area is 137 Å². The quantitative estimate of drug-likeness (QED) is 0.506. The monoisotopic (exact) mass is 332 g/mol. The van der Waals surface area contributed by atoms with Crippen LogP contribution in [0.4, 0.5) is 0 Å². The number of aromatic carboxylic acids is 1. The predicted octanol–water partition coefficient (Wildman–Crippen LogP) is 0.243. The number of carbonyl (C=O) groups excluding carboxylic acids is 2. The maximum atomic E-state index is 12.0. The van der Waals surface area contributed by atoms with E-state index in [1.165, 1.54) is 24.0 Å². The van der Waals surface area contributed by atoms with Crippen LogP contribution in [0.25, 0.3) is 0 Å². The van der Waals surface area contributed by atoms with Gasteiger partial charge in [0.2, 0.25) is 5.91 Å². The van der Waals surface area contributed by atoms with Gasteiger partial charge in [-0.25, -0.2) is 9.59 Å². The van der Waals surface area contributed by atoms with Crippen molar-refractivity contribution in [1.82, 2.24) is 10.2 Å². The zero-order valence-corrected chi connectivity index (χ0v) is 12.9. The molecule has 8 heteroatoms. The molecular weight excluding hydrogens is 316 g/mol. The van der Waals surface area contributed by atoms with E-state index < -0.39 is 29.8 Å². The molecule has 24 heavy (non-hydrogen) atoms. The summed E-state index contributed by atoms with van der Waals surface area (Å²) in [6.07, 6.45) is 0.759. The number of hydrogen-bond donors (Lipinski definition) is 3. The Morgan fingerprint density at radius 1 is 1.29 bits per heavy atom. The molecule has 1 atom stereocenters. The second-order valence-electron chi connectivity index (χ2n) is 5.33. The first kappa shape index (κ1) is 17.2. The van der Waals surface area contributed by atoms with Crippen molar-refractivity contribution in [2.24, 2.45) is 0 Å². The number of hydrogen-bond acceptors (Lipinski definition) is 4. The summed E-state index contributed by atoms with van der Waals surface area (Å²) in [7, 11) is 0. The van der Waals surface area contributed by atoms with Crippen LogP contribution >= 0.6 is 0 Å². The van der Waals surface area contributed by atoms with Crippen molar-refractivity contribution in [1.29, 1.82) is 0 Å². The van der Waals surface area contributed by atoms with Gasteiger partial charge in [-0.1, -0.05) is 18.2 Å². The van der Waals surface area contributed by atoms with Crippen molar-refractivity contribution < 1.29 is 29.4 Å². The van der Waals surface area contributed by atoms with Crippen molar-refractivity contribution in [2.45, 2.75) is 19.4 Å². The number of β-lactam (4-membered cyclic amide) rings is 1. The van der Waals surface area contributed by atoms with Gasteiger partial charge in [-0.3, -0.25) is 9.59 Å². The minimum atomic E-state index is -1.15. The highest BCUT2D eigenvalue weighted by atomic mass is 16.4. The summed E-state index contributed by atoms with van der Waals surface area (Å²) in [6.45, 7) is 1.67. The van der Waals surface area contributed by atoms with E-state index in [0.29, 0.717) is 5.56 Å². The number of benzene rings is 1. The molecule has 2 amide bonds. The van der Waals surface area contributed by atoms with Gasteiger partial charge >= 0.3 is 11.9 Å². The Kier molecular flexibility index (Phi) is 4.98. The Hall–Kier alpha value is -3.16. The lowest BCUT2D eigenvalue weighted by Gasteiger charge is -2.39. The molecule has 0 aromatic heterocycles. The molecule has 8 nitrogen and oxygen atoms in total. The Morgan fingerprint density at radius 2 is 1.96 bits per heavy atom. The zero-order valence-electron chi connectivity index (χ0n) is 12.9. The number of likely N-dealkylation sites (tertiary alicyclic amines) is 1. The van der Waals surface area contributed by atoms with Crippen molar-refractivity contribution in [3.8, 4) is 0 Å². The Morgan fingerprint density at radius 3 is 2.54 bits per heavy atom. The molecule has 0 saturated carbocycles. The van der Waals surface area contributed by atoms with Gasteiger partial charge in [-0.15, -0.1) is 0 Å². The molecule has 1 saturated heterocycles. The predicted molar refractivity (Wildman–Crippen MR) is 82.1 cm³/mol. The molecule has 0 spiro atoms. The van der Waals surface area contributed by atoms with Crippen molar-refractivity contribution in [3.05, 3.63) is 47.2 Å². The summed E-state index contributed by atoms with van der Waals surface area (Å²) in [5, 5.41) is 20.3. The van der Waals surface area contributed by atoms with Crippen molar-refractivity contribution in [2.75, 3.05) is 6.54 Å². The van der Waals surface area contributed by atoms with Crippen LogP contribution < -0.4 is 5.32 Å². The lowest BCUT2D eigenvalue weighted by molar-refractivity contribution is -0.143. The fraction of sp³-hybridized carbons (Fsp3) is 0.250. The zero-order chi connectivity index (χ0) is 17.9. The Balaban J connectivity index is 1.95. The van der Waals surface area contributed by atoms with E-state index in [4.69, 9.17) is 10.2 Å². The van der Waals surface area contributed by atoms with Crippen LogP contribution in [0, 0.1) is 0 Å². The van der Waals surface area contributed by atoms with Gasteiger partial charge in [0.15, 0.2) is 0 Å². The maximum Gasteiger partial charge on any atom is 0.335 e. The number of rotatable bonds is 6. The maximum absolute atomic E-state index is 12.0. The molecular formula is C16H16N2O6. The largest absolute Gasteiger partial charge is 0.478 e. The molecule has 0 radical (unpaired) electrons. The third-order valence-corrected chi connectivity index (χ3v) is 3.62. The van der Waals surface area contributed by atoms with Crippen molar-refractivity contribution >= 4 is 23.8 Å². The van der Waals surface area contributed by atoms with Crippen LogP contribution in [0.3, 0.4) is 0 Å². The minimum absolute atomic E-state index is 0.0365. The van der Waals surface area contributed by atoms with E-state index in [1.807, 2.05) is 0 Å². The third-order valence-electron chi connectivity index (χ3n) is 3.62. The summed E-state index contributed by atoms with van der Waals surface area (Å²) in [6, 6.07) is 5.41. The number of amides is 2. The molecule has 1 aromatic carbocycles. The van der Waals surface area contributed by atoms with Gasteiger partial charge in [0.05, 0.1) is 18.5 Å². The van der Waals surface area contributed by atoms with Gasteiger partial charge in [-0.2, -0.15) is 0 Å². The first-order valence-corrected chi connectivity index (χ1v) is 7.12. The summed E-state index contributed by atoms with van der Waals surface area (Å²) in [5.41, 5.74) is 0.678. The second-order valence-corrected chi connectivity index (χ2v) is 5.33. The standard InChI is InChI=1S/C16H16N2O6/c1-9(6-14(20)21)18-8-12(15(18)22)17-13(19)7-10-4-2-3-5-11(10)16(23)24/h2-6,12H,7-8H2,1H3,(H,17,19)(H,20,21)(H,23,24)/b9-6+. The van der Waals surface area contributed by atoms with E-state index in [0.717, 1.165) is 6.08 Å². The highest BCUT2D eigenvalue weighted by molar-refractivity contribution is 5.96. The molecule has 1 heterocycles. The van der Waals surface area contributed by atoms with E-state index in [2.05, 4.69) is 5.32 Å².